The number of benzene rings is 3. The van der Waals surface area contributed by atoms with Gasteiger partial charge in [0.15, 0.2) is 0 Å². The van der Waals surface area contributed by atoms with E-state index in [4.69, 9.17) is 0 Å². The molecule has 160 valence electrons. The number of carbonyl (C=O) groups is 2. The van der Waals surface area contributed by atoms with Crippen molar-refractivity contribution in [1.82, 2.24) is 9.80 Å². The van der Waals surface area contributed by atoms with Crippen molar-refractivity contribution in [1.29, 1.82) is 0 Å². The zero-order valence-electron chi connectivity index (χ0n) is 17.8. The van der Waals surface area contributed by atoms with E-state index in [1.807, 2.05) is 31.3 Å². The van der Waals surface area contributed by atoms with Gasteiger partial charge in [0.25, 0.3) is 0 Å². The van der Waals surface area contributed by atoms with Gasteiger partial charge in [-0.3, -0.25) is 9.59 Å². The summed E-state index contributed by atoms with van der Waals surface area (Å²) in [6, 6.07) is 20.8. The summed E-state index contributed by atoms with van der Waals surface area (Å²) >= 11 is 0. The van der Waals surface area contributed by atoms with Crippen LogP contribution in [0.3, 0.4) is 0 Å². The van der Waals surface area contributed by atoms with E-state index in [0.717, 1.165) is 21.9 Å². The Balaban J connectivity index is 1.40. The fourth-order valence-electron chi connectivity index (χ4n) is 4.36. The predicted octanol–water partition coefficient (Wildman–Crippen LogP) is 4.42. The van der Waals surface area contributed by atoms with Gasteiger partial charge in [-0.25, -0.2) is 4.39 Å². The number of piperidine rings is 1. The Bertz CT molecular complexity index is 1090. The highest BCUT2D eigenvalue weighted by Gasteiger charge is 2.31. The van der Waals surface area contributed by atoms with Crippen LogP contribution in [0.1, 0.15) is 24.0 Å². The van der Waals surface area contributed by atoms with E-state index in [1.165, 1.54) is 12.1 Å². The highest BCUT2D eigenvalue weighted by molar-refractivity contribution is 5.87. The Labute approximate surface area is 182 Å². The molecular formula is C26H27FN2O2. The summed E-state index contributed by atoms with van der Waals surface area (Å²) in [5.74, 6) is -0.343. The minimum atomic E-state index is -0.273. The quantitative estimate of drug-likeness (QED) is 0.595. The third-order valence-corrected chi connectivity index (χ3v) is 6.07. The molecule has 0 spiro atoms. The van der Waals surface area contributed by atoms with E-state index in [2.05, 4.69) is 24.3 Å². The Morgan fingerprint density at radius 1 is 1.10 bits per heavy atom. The van der Waals surface area contributed by atoms with E-state index >= 15 is 0 Å². The Morgan fingerprint density at radius 3 is 2.71 bits per heavy atom. The van der Waals surface area contributed by atoms with Gasteiger partial charge in [0.2, 0.25) is 11.8 Å². The van der Waals surface area contributed by atoms with Crippen LogP contribution < -0.4 is 0 Å². The summed E-state index contributed by atoms with van der Waals surface area (Å²) in [5, 5.41) is 2.31. The average molecular weight is 419 g/mol. The molecule has 0 radical (unpaired) electrons. The van der Waals surface area contributed by atoms with Crippen LogP contribution in [0.25, 0.3) is 10.8 Å². The molecule has 2 amide bonds. The monoisotopic (exact) mass is 418 g/mol. The van der Waals surface area contributed by atoms with Gasteiger partial charge in [0, 0.05) is 33.1 Å². The van der Waals surface area contributed by atoms with Crippen LogP contribution in [-0.2, 0) is 22.6 Å². The van der Waals surface area contributed by atoms with Crippen LogP contribution in [-0.4, -0.2) is 41.8 Å². The van der Waals surface area contributed by atoms with Crippen LogP contribution in [0.5, 0.6) is 0 Å². The number of amides is 2. The van der Waals surface area contributed by atoms with Crippen molar-refractivity contribution in [3.8, 4) is 0 Å². The van der Waals surface area contributed by atoms with Crippen molar-refractivity contribution in [3.05, 3.63) is 83.7 Å². The number of halogens is 1. The van der Waals surface area contributed by atoms with E-state index in [0.29, 0.717) is 38.9 Å². The topological polar surface area (TPSA) is 40.6 Å². The average Bonchev–Trinajstić information content (AvgIpc) is 2.78. The lowest BCUT2D eigenvalue weighted by Gasteiger charge is -2.34. The first-order valence-electron chi connectivity index (χ1n) is 10.7. The SMILES string of the molecule is CN(Cc1cccc2ccccc12)C(=O)[C@H]1CCC(=O)N(CCc2cccc(F)c2)C1. The molecule has 0 aromatic heterocycles. The Hall–Kier alpha value is -3.21. The lowest BCUT2D eigenvalue weighted by atomic mass is 9.95. The number of carbonyl (C=O) groups excluding carboxylic acids is 2. The molecule has 1 aliphatic heterocycles. The van der Waals surface area contributed by atoms with Crippen molar-refractivity contribution in [2.45, 2.75) is 25.8 Å². The Morgan fingerprint density at radius 2 is 1.87 bits per heavy atom. The minimum Gasteiger partial charge on any atom is -0.342 e. The van der Waals surface area contributed by atoms with Crippen molar-refractivity contribution in [2.24, 2.45) is 5.92 Å². The number of likely N-dealkylation sites (tertiary alicyclic amines) is 1. The lowest BCUT2D eigenvalue weighted by molar-refractivity contribution is -0.142. The maximum atomic E-state index is 13.4. The molecule has 1 atom stereocenters. The van der Waals surface area contributed by atoms with Crippen molar-refractivity contribution >= 4 is 22.6 Å². The fraction of sp³-hybridized carbons (Fsp3) is 0.308. The smallest absolute Gasteiger partial charge is 0.227 e. The maximum absolute atomic E-state index is 13.4. The molecular weight excluding hydrogens is 391 g/mol. The molecule has 1 fully saturated rings. The third-order valence-electron chi connectivity index (χ3n) is 6.07. The molecule has 0 N–H and O–H groups in total. The van der Waals surface area contributed by atoms with Crippen LogP contribution >= 0.6 is 0 Å². The molecule has 31 heavy (non-hydrogen) atoms. The van der Waals surface area contributed by atoms with Gasteiger partial charge in [-0.05, 0) is 46.9 Å². The van der Waals surface area contributed by atoms with E-state index in [-0.39, 0.29) is 23.5 Å². The normalized spacial score (nSPS) is 16.5. The first kappa shape index (κ1) is 21.0. The summed E-state index contributed by atoms with van der Waals surface area (Å²) in [6.07, 6.45) is 1.53. The molecule has 0 aliphatic carbocycles. The molecule has 4 rings (SSSR count). The second kappa shape index (κ2) is 9.29. The van der Waals surface area contributed by atoms with E-state index in [9.17, 15) is 14.0 Å². The molecule has 4 nitrogen and oxygen atoms in total. The van der Waals surface area contributed by atoms with Gasteiger partial charge in [-0.15, -0.1) is 0 Å². The second-order valence-corrected chi connectivity index (χ2v) is 8.29. The number of hydrogen-bond donors (Lipinski definition) is 0. The fourth-order valence-corrected chi connectivity index (χ4v) is 4.36. The molecule has 1 heterocycles. The van der Waals surface area contributed by atoms with Gasteiger partial charge in [0.1, 0.15) is 5.82 Å². The molecule has 1 saturated heterocycles. The van der Waals surface area contributed by atoms with Crippen molar-refractivity contribution in [2.75, 3.05) is 20.1 Å². The van der Waals surface area contributed by atoms with E-state index < -0.39 is 0 Å². The summed E-state index contributed by atoms with van der Waals surface area (Å²) in [7, 11) is 1.83. The summed E-state index contributed by atoms with van der Waals surface area (Å²) in [5.41, 5.74) is 1.97. The van der Waals surface area contributed by atoms with Crippen LogP contribution in [0.4, 0.5) is 4.39 Å². The molecule has 0 saturated carbocycles. The van der Waals surface area contributed by atoms with Crippen LogP contribution in [0.15, 0.2) is 66.7 Å². The molecule has 3 aromatic carbocycles. The number of fused-ring (bicyclic) bond motifs is 1. The summed E-state index contributed by atoms with van der Waals surface area (Å²) in [6.45, 7) is 1.46. The molecule has 0 unspecified atom stereocenters. The minimum absolute atomic E-state index is 0.0659. The van der Waals surface area contributed by atoms with Crippen molar-refractivity contribution in [3.63, 3.8) is 0 Å². The predicted molar refractivity (Wildman–Crippen MR) is 120 cm³/mol. The second-order valence-electron chi connectivity index (χ2n) is 8.29. The van der Waals surface area contributed by atoms with Gasteiger partial charge in [-0.2, -0.15) is 0 Å². The number of hydrogen-bond acceptors (Lipinski definition) is 2. The zero-order valence-corrected chi connectivity index (χ0v) is 17.8. The standard InChI is InChI=1S/C26H27FN2O2/c1-28(17-21-9-5-8-20-7-2-3-11-24(20)21)26(31)22-12-13-25(30)29(18-22)15-14-19-6-4-10-23(27)16-19/h2-11,16,22H,12-15,17-18H2,1H3/t22-/m0/s1. The van der Waals surface area contributed by atoms with Gasteiger partial charge in [-0.1, -0.05) is 54.6 Å². The van der Waals surface area contributed by atoms with E-state index in [1.54, 1.807) is 15.9 Å². The molecule has 1 aliphatic rings. The number of rotatable bonds is 6. The van der Waals surface area contributed by atoms with Gasteiger partial charge < -0.3 is 9.80 Å². The third kappa shape index (κ3) is 4.93. The lowest BCUT2D eigenvalue weighted by Crippen LogP contribution is -2.46. The molecule has 3 aromatic rings. The Kier molecular flexibility index (Phi) is 6.31. The first-order chi connectivity index (χ1) is 15.0. The van der Waals surface area contributed by atoms with Crippen LogP contribution in [0, 0.1) is 11.7 Å². The summed E-state index contributed by atoms with van der Waals surface area (Å²) in [4.78, 5) is 29.1. The summed E-state index contributed by atoms with van der Waals surface area (Å²) < 4.78 is 13.4. The molecule has 0 bridgehead atoms. The van der Waals surface area contributed by atoms with Crippen LogP contribution in [0.2, 0.25) is 0 Å². The van der Waals surface area contributed by atoms with Gasteiger partial charge >= 0.3 is 0 Å². The highest BCUT2D eigenvalue weighted by Crippen LogP contribution is 2.23. The maximum Gasteiger partial charge on any atom is 0.227 e. The first-order valence-corrected chi connectivity index (χ1v) is 10.7. The largest absolute Gasteiger partial charge is 0.342 e. The highest BCUT2D eigenvalue weighted by atomic mass is 19.1. The molecule has 5 heteroatoms. The number of nitrogens with zero attached hydrogens (tertiary/aromatic N) is 2. The van der Waals surface area contributed by atoms with Crippen molar-refractivity contribution < 1.29 is 14.0 Å². The van der Waals surface area contributed by atoms with Gasteiger partial charge in [0.05, 0.1) is 5.92 Å². The zero-order chi connectivity index (χ0) is 21.8.